The van der Waals surface area contributed by atoms with Crippen LogP contribution in [0.3, 0.4) is 0 Å². The van der Waals surface area contributed by atoms with E-state index in [1.165, 1.54) is 0 Å². The Morgan fingerprint density at radius 2 is 1.62 bits per heavy atom. The summed E-state index contributed by atoms with van der Waals surface area (Å²) in [5, 5.41) is 6.09. The van der Waals surface area contributed by atoms with Gasteiger partial charge in [0.25, 0.3) is 10.0 Å². The van der Waals surface area contributed by atoms with Crippen molar-refractivity contribution < 1.29 is 8.42 Å². The molecule has 0 heterocycles. The first kappa shape index (κ1) is 16.2. The van der Waals surface area contributed by atoms with Gasteiger partial charge in [0.2, 0.25) is 0 Å². The first-order valence-electron chi connectivity index (χ1n) is 7.57. The number of nitrogens with one attached hydrogen (secondary N) is 1. The molecule has 4 nitrogen and oxygen atoms in total. The van der Waals surface area contributed by atoms with Gasteiger partial charge >= 0.3 is 0 Å². The Kier molecular flexibility index (Phi) is 4.36. The molecule has 0 amide bonds. The van der Waals surface area contributed by atoms with Crippen LogP contribution in [-0.2, 0) is 10.0 Å². The highest BCUT2D eigenvalue weighted by Gasteiger charge is 2.12. The lowest BCUT2D eigenvalue weighted by Crippen LogP contribution is -2.18. The summed E-state index contributed by atoms with van der Waals surface area (Å²) in [5.41, 5.74) is 2.94. The molecule has 0 aliphatic rings. The lowest BCUT2D eigenvalue weighted by Gasteiger charge is -2.07. The van der Waals surface area contributed by atoms with Gasteiger partial charge in [0.15, 0.2) is 0 Å². The van der Waals surface area contributed by atoms with E-state index in [9.17, 15) is 8.42 Å². The second kappa shape index (κ2) is 6.45. The van der Waals surface area contributed by atoms with Crippen LogP contribution in [0.25, 0.3) is 10.8 Å². The molecule has 0 saturated carbocycles. The molecule has 0 spiro atoms. The summed E-state index contributed by atoms with van der Waals surface area (Å²) in [6.45, 7) is 3.88. The zero-order valence-corrected chi connectivity index (χ0v) is 14.3. The number of hydrazone groups is 1. The molecule has 3 rings (SSSR count). The normalized spacial score (nSPS) is 11.9. The maximum absolute atomic E-state index is 12.3. The van der Waals surface area contributed by atoms with Crippen molar-refractivity contribution >= 4 is 27.0 Å². The van der Waals surface area contributed by atoms with Crippen LogP contribution in [0.1, 0.15) is 16.7 Å². The number of benzene rings is 3. The molecule has 3 aromatic rings. The summed E-state index contributed by atoms with van der Waals surface area (Å²) in [7, 11) is -3.66. The third-order valence-corrected chi connectivity index (χ3v) is 5.13. The van der Waals surface area contributed by atoms with Gasteiger partial charge < -0.3 is 0 Å². The second-order valence-electron chi connectivity index (χ2n) is 5.68. The van der Waals surface area contributed by atoms with Crippen molar-refractivity contribution in [3.05, 3.63) is 77.4 Å². The predicted octanol–water partition coefficient (Wildman–Crippen LogP) is 3.77. The van der Waals surface area contributed by atoms with Crippen LogP contribution >= 0.6 is 0 Å². The first-order chi connectivity index (χ1) is 11.5. The molecule has 0 saturated heterocycles. The second-order valence-corrected chi connectivity index (χ2v) is 7.34. The molecule has 0 atom stereocenters. The van der Waals surface area contributed by atoms with Gasteiger partial charge in [-0.1, -0.05) is 54.1 Å². The quantitative estimate of drug-likeness (QED) is 0.581. The van der Waals surface area contributed by atoms with Crippen LogP contribution in [0.5, 0.6) is 0 Å². The molecular formula is C19H18N2O2S. The molecule has 0 aliphatic heterocycles. The minimum absolute atomic E-state index is 0.194. The molecule has 0 bridgehead atoms. The standard InChI is InChI=1S/C19H18N2O2S/c1-14-7-11-17(12-8-14)24(22,23)21-20-13-19-15(2)9-10-16-5-3-4-6-18(16)19/h3-13,21H,1-2H3/b20-13+. The zero-order chi connectivity index (χ0) is 17.2. The van der Waals surface area contributed by atoms with E-state index in [0.29, 0.717) is 0 Å². The Balaban J connectivity index is 1.89. The van der Waals surface area contributed by atoms with Crippen LogP contribution < -0.4 is 4.83 Å². The lowest BCUT2D eigenvalue weighted by molar-refractivity contribution is 0.584. The van der Waals surface area contributed by atoms with Crippen molar-refractivity contribution in [1.82, 2.24) is 4.83 Å². The Labute approximate surface area is 141 Å². The fourth-order valence-electron chi connectivity index (χ4n) is 2.51. The number of rotatable bonds is 4. The van der Waals surface area contributed by atoms with Crippen molar-refractivity contribution in [1.29, 1.82) is 0 Å². The van der Waals surface area contributed by atoms with Gasteiger partial charge in [-0.25, -0.2) is 4.83 Å². The lowest BCUT2D eigenvalue weighted by atomic mass is 10.0. The van der Waals surface area contributed by atoms with Crippen molar-refractivity contribution in [2.24, 2.45) is 5.10 Å². The van der Waals surface area contributed by atoms with Gasteiger partial charge in [0, 0.05) is 5.56 Å². The Bertz CT molecular complexity index is 1010. The summed E-state index contributed by atoms with van der Waals surface area (Å²) in [6.07, 6.45) is 1.56. The average molecular weight is 338 g/mol. The molecule has 0 radical (unpaired) electrons. The van der Waals surface area contributed by atoms with Crippen LogP contribution in [0.15, 0.2) is 70.7 Å². The van der Waals surface area contributed by atoms with E-state index in [1.807, 2.05) is 50.2 Å². The molecule has 24 heavy (non-hydrogen) atoms. The van der Waals surface area contributed by atoms with E-state index >= 15 is 0 Å². The summed E-state index contributed by atoms with van der Waals surface area (Å²) < 4.78 is 24.5. The van der Waals surface area contributed by atoms with Crippen molar-refractivity contribution in [2.45, 2.75) is 18.7 Å². The molecule has 1 N–H and O–H groups in total. The number of hydrogen-bond donors (Lipinski definition) is 1. The van der Waals surface area contributed by atoms with Gasteiger partial charge in [-0.3, -0.25) is 0 Å². The van der Waals surface area contributed by atoms with Crippen molar-refractivity contribution in [3.8, 4) is 0 Å². The maximum atomic E-state index is 12.3. The average Bonchev–Trinajstić information content (AvgIpc) is 2.57. The number of aryl methyl sites for hydroxylation is 2. The Hall–Kier alpha value is -2.66. The predicted molar refractivity (Wildman–Crippen MR) is 97.8 cm³/mol. The molecule has 0 aliphatic carbocycles. The highest BCUT2D eigenvalue weighted by Crippen LogP contribution is 2.20. The highest BCUT2D eigenvalue weighted by atomic mass is 32.2. The van der Waals surface area contributed by atoms with E-state index in [2.05, 4.69) is 9.93 Å². The van der Waals surface area contributed by atoms with Crippen LogP contribution in [0, 0.1) is 13.8 Å². The van der Waals surface area contributed by atoms with E-state index < -0.39 is 10.0 Å². The first-order valence-corrected chi connectivity index (χ1v) is 9.05. The van der Waals surface area contributed by atoms with E-state index in [0.717, 1.165) is 27.5 Å². The van der Waals surface area contributed by atoms with Crippen molar-refractivity contribution in [2.75, 3.05) is 0 Å². The van der Waals surface area contributed by atoms with Gasteiger partial charge in [-0.2, -0.15) is 13.5 Å². The largest absolute Gasteiger partial charge is 0.276 e. The molecule has 0 aromatic heterocycles. The van der Waals surface area contributed by atoms with E-state index in [4.69, 9.17) is 0 Å². The summed E-state index contributed by atoms with van der Waals surface area (Å²) >= 11 is 0. The zero-order valence-electron chi connectivity index (χ0n) is 13.5. The minimum Gasteiger partial charge on any atom is -0.200 e. The molecule has 0 unspecified atom stereocenters. The number of hydrogen-bond acceptors (Lipinski definition) is 3. The summed E-state index contributed by atoms with van der Waals surface area (Å²) in [6, 6.07) is 18.6. The molecule has 5 heteroatoms. The Morgan fingerprint density at radius 3 is 2.38 bits per heavy atom. The topological polar surface area (TPSA) is 58.5 Å². The molecule has 0 fully saturated rings. The van der Waals surface area contributed by atoms with Crippen LogP contribution in [-0.4, -0.2) is 14.6 Å². The highest BCUT2D eigenvalue weighted by molar-refractivity contribution is 7.89. The fraction of sp³-hybridized carbons (Fsp3) is 0.105. The Morgan fingerprint density at radius 1 is 0.917 bits per heavy atom. The monoisotopic (exact) mass is 338 g/mol. The SMILES string of the molecule is Cc1ccc(S(=O)(=O)N/N=C/c2c(C)ccc3ccccc23)cc1. The molecule has 122 valence electrons. The summed E-state index contributed by atoms with van der Waals surface area (Å²) in [5.74, 6) is 0. The fourth-order valence-corrected chi connectivity index (χ4v) is 3.30. The smallest absolute Gasteiger partial charge is 0.200 e. The van der Waals surface area contributed by atoms with Gasteiger partial charge in [0.05, 0.1) is 11.1 Å². The van der Waals surface area contributed by atoms with Gasteiger partial charge in [0.1, 0.15) is 0 Å². The van der Waals surface area contributed by atoms with Crippen LogP contribution in [0.4, 0.5) is 0 Å². The molecule has 3 aromatic carbocycles. The third kappa shape index (κ3) is 3.31. The minimum atomic E-state index is -3.66. The van der Waals surface area contributed by atoms with Crippen LogP contribution in [0.2, 0.25) is 0 Å². The maximum Gasteiger partial charge on any atom is 0.276 e. The van der Waals surface area contributed by atoms with Crippen molar-refractivity contribution in [3.63, 3.8) is 0 Å². The van der Waals surface area contributed by atoms with E-state index in [-0.39, 0.29) is 4.90 Å². The third-order valence-electron chi connectivity index (χ3n) is 3.89. The van der Waals surface area contributed by atoms with Gasteiger partial charge in [-0.05, 0) is 42.3 Å². The van der Waals surface area contributed by atoms with E-state index in [1.54, 1.807) is 30.5 Å². The number of nitrogens with zero attached hydrogens (tertiary/aromatic N) is 1. The summed E-state index contributed by atoms with van der Waals surface area (Å²) in [4.78, 5) is 2.47. The van der Waals surface area contributed by atoms with Gasteiger partial charge in [-0.15, -0.1) is 0 Å². The molecular weight excluding hydrogens is 320 g/mol. The number of fused-ring (bicyclic) bond motifs is 1. The number of sulfonamides is 1.